The molecule has 0 radical (unpaired) electrons. The molecule has 0 bridgehead atoms. The smallest absolute Gasteiger partial charge is 0.0540 e. The van der Waals surface area contributed by atoms with E-state index < -0.39 is 0 Å². The first-order valence-electron chi connectivity index (χ1n) is 20.2. The van der Waals surface area contributed by atoms with E-state index in [9.17, 15) is 0 Å². The Hall–Kier alpha value is -6.64. The van der Waals surface area contributed by atoms with Crippen molar-refractivity contribution in [2.75, 3.05) is 9.80 Å². The van der Waals surface area contributed by atoms with Gasteiger partial charge in [0.15, 0.2) is 0 Å². The van der Waals surface area contributed by atoms with Gasteiger partial charge in [0.05, 0.1) is 5.69 Å². The summed E-state index contributed by atoms with van der Waals surface area (Å²) in [6.07, 6.45) is 6.73. The van der Waals surface area contributed by atoms with Gasteiger partial charge >= 0.3 is 0 Å². The van der Waals surface area contributed by atoms with Gasteiger partial charge in [0, 0.05) is 39.2 Å². The van der Waals surface area contributed by atoms with Crippen LogP contribution in [0.25, 0.3) is 34.1 Å². The molecule has 10 rings (SSSR count). The molecule has 2 nitrogen and oxygen atoms in total. The maximum Gasteiger partial charge on any atom is 0.0540 e. The molecule has 0 amide bonds. The summed E-state index contributed by atoms with van der Waals surface area (Å²) in [5.74, 6) is 0. The second kappa shape index (κ2) is 13.8. The predicted molar refractivity (Wildman–Crippen MR) is 243 cm³/mol. The lowest BCUT2D eigenvalue weighted by Gasteiger charge is -2.30. The molecule has 2 heteroatoms. The molecule has 276 valence electrons. The molecule has 2 aliphatic carbocycles. The van der Waals surface area contributed by atoms with E-state index in [2.05, 4.69) is 220 Å². The van der Waals surface area contributed by atoms with E-state index in [1.165, 1.54) is 83.5 Å². The number of nitrogens with zero attached hydrogens (tertiary/aromatic N) is 2. The van der Waals surface area contributed by atoms with Crippen LogP contribution in [0.3, 0.4) is 0 Å². The van der Waals surface area contributed by atoms with E-state index in [4.69, 9.17) is 0 Å². The Bertz CT molecular complexity index is 2760. The van der Waals surface area contributed by atoms with Crippen molar-refractivity contribution in [2.24, 2.45) is 0 Å². The van der Waals surface area contributed by atoms with Crippen molar-refractivity contribution in [3.8, 4) is 11.1 Å². The summed E-state index contributed by atoms with van der Waals surface area (Å²) < 4.78 is 0. The number of rotatable bonds is 8. The summed E-state index contributed by atoms with van der Waals surface area (Å²) in [6, 6.07) is 62.6. The van der Waals surface area contributed by atoms with Crippen LogP contribution in [-0.2, 0) is 18.3 Å². The maximum absolute atomic E-state index is 2.50. The van der Waals surface area contributed by atoms with Crippen LogP contribution in [-0.4, -0.2) is 0 Å². The molecule has 0 atom stereocenters. The number of hydrogen-bond donors (Lipinski definition) is 0. The van der Waals surface area contributed by atoms with Crippen LogP contribution < -0.4 is 9.80 Å². The van der Waals surface area contributed by atoms with Crippen LogP contribution >= 0.6 is 0 Å². The quantitative estimate of drug-likeness (QED) is 0.143. The number of aryl methyl sites for hydroxylation is 4. The van der Waals surface area contributed by atoms with Gasteiger partial charge in [0.1, 0.15) is 0 Å². The first-order chi connectivity index (χ1) is 27.8. The van der Waals surface area contributed by atoms with Crippen molar-refractivity contribution >= 4 is 57.0 Å². The van der Waals surface area contributed by atoms with Gasteiger partial charge in [-0.3, -0.25) is 0 Å². The third-order valence-corrected chi connectivity index (χ3v) is 12.1. The number of fused-ring (bicyclic) bond motifs is 3. The minimum atomic E-state index is -0.166. The van der Waals surface area contributed by atoms with Gasteiger partial charge in [0.2, 0.25) is 0 Å². The van der Waals surface area contributed by atoms with Gasteiger partial charge in [-0.25, -0.2) is 0 Å². The first-order valence-corrected chi connectivity index (χ1v) is 20.2. The van der Waals surface area contributed by atoms with Crippen LogP contribution in [0.15, 0.2) is 170 Å². The number of benzene rings is 8. The van der Waals surface area contributed by atoms with Gasteiger partial charge in [-0.15, -0.1) is 0 Å². The average Bonchev–Trinajstić information content (AvgIpc) is 3.75. The zero-order valence-corrected chi connectivity index (χ0v) is 33.1. The molecule has 8 aromatic rings. The highest BCUT2D eigenvalue weighted by molar-refractivity contribution is 6.03. The molecule has 0 saturated heterocycles. The fourth-order valence-electron chi connectivity index (χ4n) is 9.45. The molecule has 0 aromatic heterocycles. The molecule has 0 fully saturated rings. The molecule has 0 aliphatic heterocycles. The van der Waals surface area contributed by atoms with E-state index in [0.29, 0.717) is 0 Å². The minimum Gasteiger partial charge on any atom is -0.311 e. The zero-order valence-electron chi connectivity index (χ0n) is 33.1. The lowest BCUT2D eigenvalue weighted by Crippen LogP contribution is -2.17. The fraction of sp³-hybridized carbons (Fsp3) is 0.127. The molecule has 0 unspecified atom stereocenters. The fourth-order valence-corrected chi connectivity index (χ4v) is 9.45. The average molecular weight is 735 g/mol. The maximum atomic E-state index is 2.50. The van der Waals surface area contributed by atoms with Crippen molar-refractivity contribution in [3.05, 3.63) is 214 Å². The van der Waals surface area contributed by atoms with Crippen LogP contribution in [0.2, 0.25) is 0 Å². The Balaban J connectivity index is 0.979. The summed E-state index contributed by atoms with van der Waals surface area (Å²) >= 11 is 0. The Morgan fingerprint density at radius 2 is 1.00 bits per heavy atom. The molecular formula is C55H46N2. The third-order valence-electron chi connectivity index (χ3n) is 12.1. The topological polar surface area (TPSA) is 6.48 Å². The lowest BCUT2D eigenvalue weighted by molar-refractivity contribution is 0.660. The van der Waals surface area contributed by atoms with E-state index in [0.717, 1.165) is 29.9 Å². The van der Waals surface area contributed by atoms with Crippen LogP contribution in [0.5, 0.6) is 0 Å². The van der Waals surface area contributed by atoms with Crippen molar-refractivity contribution in [1.29, 1.82) is 0 Å². The summed E-state index contributed by atoms with van der Waals surface area (Å²) in [4.78, 5) is 4.80. The van der Waals surface area contributed by atoms with Crippen LogP contribution in [0, 0.1) is 13.8 Å². The second-order valence-corrected chi connectivity index (χ2v) is 16.4. The van der Waals surface area contributed by atoms with Crippen molar-refractivity contribution in [2.45, 2.75) is 46.0 Å². The monoisotopic (exact) mass is 734 g/mol. The molecule has 0 spiro atoms. The van der Waals surface area contributed by atoms with Gasteiger partial charge < -0.3 is 9.80 Å². The summed E-state index contributed by atoms with van der Waals surface area (Å²) in [5, 5.41) is 2.77. The van der Waals surface area contributed by atoms with E-state index in [1.807, 2.05) is 0 Å². The normalized spacial score (nSPS) is 13.5. The van der Waals surface area contributed by atoms with E-state index in [1.54, 1.807) is 0 Å². The predicted octanol–water partition coefficient (Wildman–Crippen LogP) is 15.0. The summed E-state index contributed by atoms with van der Waals surface area (Å²) in [6.45, 7) is 9.19. The third kappa shape index (κ3) is 6.13. The Kier molecular flexibility index (Phi) is 8.45. The van der Waals surface area contributed by atoms with Gasteiger partial charge in [-0.1, -0.05) is 129 Å². The van der Waals surface area contributed by atoms with Gasteiger partial charge in [-0.05, 0) is 154 Å². The number of para-hydroxylation sites is 2. The molecule has 8 aromatic carbocycles. The van der Waals surface area contributed by atoms with E-state index in [-0.39, 0.29) is 5.41 Å². The van der Waals surface area contributed by atoms with E-state index >= 15 is 0 Å². The molecule has 57 heavy (non-hydrogen) atoms. The highest BCUT2D eigenvalue weighted by Gasteiger charge is 2.36. The number of anilines is 6. The summed E-state index contributed by atoms with van der Waals surface area (Å²) in [7, 11) is 0. The minimum absolute atomic E-state index is 0.166. The Morgan fingerprint density at radius 1 is 0.439 bits per heavy atom. The van der Waals surface area contributed by atoms with Gasteiger partial charge in [-0.2, -0.15) is 0 Å². The molecule has 0 saturated carbocycles. The zero-order chi connectivity index (χ0) is 38.7. The highest BCUT2D eigenvalue weighted by atomic mass is 15.1. The molecule has 2 aliphatic rings. The van der Waals surface area contributed by atoms with Crippen molar-refractivity contribution in [1.82, 2.24) is 0 Å². The highest BCUT2D eigenvalue weighted by Crippen LogP contribution is 2.52. The largest absolute Gasteiger partial charge is 0.311 e. The summed E-state index contributed by atoms with van der Waals surface area (Å²) in [5.41, 5.74) is 20.1. The van der Waals surface area contributed by atoms with Crippen molar-refractivity contribution < 1.29 is 0 Å². The molecule has 0 heterocycles. The van der Waals surface area contributed by atoms with Crippen LogP contribution in [0.1, 0.15) is 58.4 Å². The van der Waals surface area contributed by atoms with Crippen LogP contribution in [0.4, 0.5) is 34.1 Å². The van der Waals surface area contributed by atoms with Crippen molar-refractivity contribution in [3.63, 3.8) is 0 Å². The standard InChI is InChI=1S/C55H46N2/c1-37-32-38(2)34-47(33-37)57(53-31-25-42-24-23-41-12-11-17-50(53)54(41)42)46-28-30-49-48-29-22-40(35-51(48)55(3,4)52(49)36-46)19-18-39-20-26-45(27-21-39)56(43-13-7-5-8-14-43)44-15-9-6-10-16-44/h5-22,25-36H,23-24H2,1-4H3/b19-18+. The molecule has 0 N–H and O–H groups in total. The Labute approximate surface area is 337 Å². The van der Waals surface area contributed by atoms with Gasteiger partial charge in [0.25, 0.3) is 0 Å². The first kappa shape index (κ1) is 34.8. The SMILES string of the molecule is Cc1cc(C)cc(N(c2ccc3c(c2)C(C)(C)c2cc(/C=C/c4ccc(N(c5ccccc5)c5ccccc5)cc4)ccc2-3)c2ccc3c4c(cccc24)CC3)c1. The lowest BCUT2D eigenvalue weighted by atomic mass is 9.81. The number of hydrogen-bond acceptors (Lipinski definition) is 2. The molecular weight excluding hydrogens is 689 g/mol. The Morgan fingerprint density at radius 3 is 1.68 bits per heavy atom. The second-order valence-electron chi connectivity index (χ2n) is 16.4.